The van der Waals surface area contributed by atoms with Crippen molar-refractivity contribution in [3.05, 3.63) is 69.5 Å². The zero-order valence-corrected chi connectivity index (χ0v) is 14.4. The van der Waals surface area contributed by atoms with Crippen molar-refractivity contribution in [2.75, 3.05) is 0 Å². The predicted molar refractivity (Wildman–Crippen MR) is 97.3 cm³/mol. The molecule has 1 aromatic carbocycles. The number of nitrogens with one attached hydrogen (secondary N) is 1. The van der Waals surface area contributed by atoms with Crippen LogP contribution < -0.4 is 0 Å². The minimum absolute atomic E-state index is 0.135. The van der Waals surface area contributed by atoms with Crippen LogP contribution in [0.4, 0.5) is 4.39 Å². The van der Waals surface area contributed by atoms with Gasteiger partial charge in [-0.15, -0.1) is 11.3 Å². The van der Waals surface area contributed by atoms with Crippen LogP contribution in [0, 0.1) is 11.2 Å². The highest BCUT2D eigenvalue weighted by Gasteiger charge is 2.38. The van der Waals surface area contributed by atoms with E-state index in [1.165, 1.54) is 23.5 Å². The summed E-state index contributed by atoms with van der Waals surface area (Å²) in [4.78, 5) is 17.2. The average molecular weight is 370 g/mol. The molecule has 4 rings (SSSR count). The molecule has 1 aliphatic rings. The van der Waals surface area contributed by atoms with Gasteiger partial charge >= 0.3 is 0 Å². The molecule has 2 aromatic heterocycles. The van der Waals surface area contributed by atoms with Crippen LogP contribution in [0.15, 0.2) is 57.3 Å². The number of furan rings is 1. The molecule has 0 aliphatic carbocycles. The number of allylic oxidation sites excluding steroid dienone is 1. The Bertz CT molecular complexity index is 975. The van der Waals surface area contributed by atoms with E-state index in [1.54, 1.807) is 41.9 Å². The molecule has 3 aromatic rings. The summed E-state index contributed by atoms with van der Waals surface area (Å²) in [5, 5.41) is 10.8. The topological polar surface area (TPSA) is 67.0 Å². The van der Waals surface area contributed by atoms with Crippen LogP contribution in [-0.4, -0.2) is 15.8 Å². The van der Waals surface area contributed by atoms with Gasteiger partial charge in [-0.05, 0) is 42.5 Å². The Labute approximate surface area is 150 Å². The van der Waals surface area contributed by atoms with E-state index < -0.39 is 5.92 Å². The maximum atomic E-state index is 13.0. The van der Waals surface area contributed by atoms with Crippen molar-refractivity contribution in [2.45, 2.75) is 5.92 Å². The molecule has 25 heavy (non-hydrogen) atoms. The molecule has 4 nitrogen and oxygen atoms in total. The van der Waals surface area contributed by atoms with Gasteiger partial charge in [-0.2, -0.15) is 0 Å². The van der Waals surface area contributed by atoms with Gasteiger partial charge in [0.1, 0.15) is 28.3 Å². The summed E-state index contributed by atoms with van der Waals surface area (Å²) in [7, 11) is 0. The first kappa shape index (κ1) is 16.0. The molecule has 0 bridgehead atoms. The Morgan fingerprint density at radius 1 is 1.20 bits per heavy atom. The molecule has 0 unspecified atom stereocenters. The second-order valence-electron chi connectivity index (χ2n) is 5.35. The SMILES string of the molecule is N=C1S/C(=C\c2ccc(-c3ccc(F)cc3)o2)C(=O)[C@H]1c1nccs1. The largest absolute Gasteiger partial charge is 0.457 e. The third kappa shape index (κ3) is 3.08. The van der Waals surface area contributed by atoms with E-state index in [0.29, 0.717) is 21.4 Å². The third-order valence-corrected chi connectivity index (χ3v) is 5.55. The Morgan fingerprint density at radius 2 is 2.00 bits per heavy atom. The van der Waals surface area contributed by atoms with Gasteiger partial charge < -0.3 is 4.42 Å². The van der Waals surface area contributed by atoms with Crippen molar-refractivity contribution in [3.8, 4) is 11.3 Å². The summed E-state index contributed by atoms with van der Waals surface area (Å²) >= 11 is 2.50. The van der Waals surface area contributed by atoms with E-state index in [9.17, 15) is 9.18 Å². The van der Waals surface area contributed by atoms with Gasteiger partial charge in [-0.3, -0.25) is 10.2 Å². The fraction of sp³-hybridized carbons (Fsp3) is 0.0556. The lowest BCUT2D eigenvalue weighted by molar-refractivity contribution is -0.114. The van der Waals surface area contributed by atoms with Crippen molar-refractivity contribution >= 4 is 40.0 Å². The number of carbonyl (C=O) groups excluding carboxylic acids is 1. The van der Waals surface area contributed by atoms with Gasteiger partial charge in [0.15, 0.2) is 5.78 Å². The summed E-state index contributed by atoms with van der Waals surface area (Å²) in [6, 6.07) is 9.52. The van der Waals surface area contributed by atoms with Crippen molar-refractivity contribution < 1.29 is 13.6 Å². The fourth-order valence-electron chi connectivity index (χ4n) is 2.52. The monoisotopic (exact) mass is 370 g/mol. The van der Waals surface area contributed by atoms with Gasteiger partial charge in [0.2, 0.25) is 0 Å². The summed E-state index contributed by atoms with van der Waals surface area (Å²) in [5.74, 6) is 0.0569. The molecule has 1 fully saturated rings. The van der Waals surface area contributed by atoms with E-state index in [-0.39, 0.29) is 16.6 Å². The lowest BCUT2D eigenvalue weighted by atomic mass is 10.1. The lowest BCUT2D eigenvalue weighted by Gasteiger charge is -2.01. The second kappa shape index (κ2) is 6.42. The Balaban J connectivity index is 1.60. The Morgan fingerprint density at radius 3 is 2.72 bits per heavy atom. The Hall–Kier alpha value is -2.51. The molecule has 0 saturated carbocycles. The molecule has 0 amide bonds. The molecule has 7 heteroatoms. The molecule has 1 saturated heterocycles. The maximum Gasteiger partial charge on any atom is 0.186 e. The number of Topliss-reactive ketones (excluding diaryl/α,β-unsaturated/α-hetero) is 1. The number of hydrogen-bond acceptors (Lipinski definition) is 6. The number of thioether (sulfide) groups is 1. The van der Waals surface area contributed by atoms with Crippen molar-refractivity contribution in [3.63, 3.8) is 0 Å². The number of nitrogens with zero attached hydrogens (tertiary/aromatic N) is 1. The number of benzene rings is 1. The minimum atomic E-state index is -0.609. The smallest absolute Gasteiger partial charge is 0.186 e. The van der Waals surface area contributed by atoms with E-state index in [0.717, 1.165) is 17.3 Å². The van der Waals surface area contributed by atoms with E-state index in [2.05, 4.69) is 4.98 Å². The molecule has 1 N–H and O–H groups in total. The summed E-state index contributed by atoms with van der Waals surface area (Å²) < 4.78 is 18.7. The summed E-state index contributed by atoms with van der Waals surface area (Å²) in [6.45, 7) is 0. The van der Waals surface area contributed by atoms with Crippen LogP contribution in [0.5, 0.6) is 0 Å². The lowest BCUT2D eigenvalue weighted by Crippen LogP contribution is -2.11. The molecular weight excluding hydrogens is 359 g/mol. The molecule has 124 valence electrons. The van der Waals surface area contributed by atoms with Gasteiger partial charge in [-0.1, -0.05) is 11.8 Å². The zero-order chi connectivity index (χ0) is 17.4. The average Bonchev–Trinajstić information content (AvgIpc) is 3.31. The van der Waals surface area contributed by atoms with Crippen LogP contribution in [0.2, 0.25) is 0 Å². The molecule has 3 heterocycles. The number of ketones is 1. The van der Waals surface area contributed by atoms with Crippen molar-refractivity contribution in [1.29, 1.82) is 5.41 Å². The van der Waals surface area contributed by atoms with Crippen LogP contribution in [0.25, 0.3) is 17.4 Å². The predicted octanol–water partition coefficient (Wildman–Crippen LogP) is 4.96. The van der Waals surface area contributed by atoms with Gasteiger partial charge in [0.25, 0.3) is 0 Å². The minimum Gasteiger partial charge on any atom is -0.457 e. The first-order chi connectivity index (χ1) is 12.1. The summed E-state index contributed by atoms with van der Waals surface area (Å²) in [5.41, 5.74) is 0.754. The molecule has 0 radical (unpaired) electrons. The van der Waals surface area contributed by atoms with Gasteiger partial charge in [0.05, 0.1) is 9.95 Å². The zero-order valence-electron chi connectivity index (χ0n) is 12.7. The van der Waals surface area contributed by atoms with E-state index in [1.807, 2.05) is 0 Å². The highest BCUT2D eigenvalue weighted by molar-refractivity contribution is 8.19. The molecular formula is C18H11FN2O2S2. The number of hydrogen-bond donors (Lipinski definition) is 1. The maximum absolute atomic E-state index is 13.0. The highest BCUT2D eigenvalue weighted by atomic mass is 32.2. The number of carbonyl (C=O) groups is 1. The highest BCUT2D eigenvalue weighted by Crippen LogP contribution is 2.41. The first-order valence-corrected chi connectivity index (χ1v) is 9.09. The van der Waals surface area contributed by atoms with E-state index >= 15 is 0 Å². The summed E-state index contributed by atoms with van der Waals surface area (Å²) in [6.07, 6.45) is 3.27. The normalized spacial score (nSPS) is 19.1. The van der Waals surface area contributed by atoms with Crippen molar-refractivity contribution in [1.82, 2.24) is 4.98 Å². The fourth-order valence-corrected chi connectivity index (χ4v) is 4.31. The number of halogens is 1. The van der Waals surface area contributed by atoms with Crippen molar-refractivity contribution in [2.24, 2.45) is 0 Å². The van der Waals surface area contributed by atoms with Gasteiger partial charge in [-0.25, -0.2) is 9.37 Å². The molecule has 1 aliphatic heterocycles. The Kier molecular flexibility index (Phi) is 4.10. The number of aromatic nitrogens is 1. The van der Waals surface area contributed by atoms with Crippen LogP contribution in [0.1, 0.15) is 16.7 Å². The quantitative estimate of drug-likeness (QED) is 0.662. The molecule has 1 atom stereocenters. The van der Waals surface area contributed by atoms with Crippen LogP contribution in [0.3, 0.4) is 0 Å². The first-order valence-electron chi connectivity index (χ1n) is 7.39. The van der Waals surface area contributed by atoms with Crippen LogP contribution >= 0.6 is 23.1 Å². The van der Waals surface area contributed by atoms with Crippen LogP contribution in [-0.2, 0) is 4.79 Å². The third-order valence-electron chi connectivity index (χ3n) is 3.71. The van der Waals surface area contributed by atoms with E-state index in [4.69, 9.17) is 9.83 Å². The van der Waals surface area contributed by atoms with Gasteiger partial charge in [0, 0.05) is 17.1 Å². The number of rotatable bonds is 3. The number of thiazole rings is 1. The molecule has 0 spiro atoms. The second-order valence-corrected chi connectivity index (χ2v) is 7.36. The standard InChI is InChI=1S/C18H11FN2O2S2/c19-11-3-1-10(2-4-11)13-6-5-12(23-13)9-14-16(22)15(17(20)25-14)18-21-7-8-24-18/h1-9,15,20H/b14-9-,20-17?/t15-/m1/s1.